The van der Waals surface area contributed by atoms with E-state index >= 15 is 0 Å². The highest BCUT2D eigenvalue weighted by molar-refractivity contribution is 5.81. The molecule has 0 saturated carbocycles. The summed E-state index contributed by atoms with van der Waals surface area (Å²) in [6.45, 7) is 4.63. The van der Waals surface area contributed by atoms with Gasteiger partial charge >= 0.3 is 0 Å². The zero-order chi connectivity index (χ0) is 16.8. The number of halogens is 1. The van der Waals surface area contributed by atoms with Crippen molar-refractivity contribution in [2.24, 2.45) is 5.92 Å². The minimum atomic E-state index is -0.351. The number of nitrogens with one attached hydrogen (secondary N) is 1. The number of piperazine rings is 1. The van der Waals surface area contributed by atoms with Crippen molar-refractivity contribution in [3.63, 3.8) is 0 Å². The lowest BCUT2D eigenvalue weighted by molar-refractivity contribution is -0.141. The number of carbonyl (C=O) groups excluding carboxylic acids is 2. The molecule has 1 unspecified atom stereocenters. The molecule has 0 spiro atoms. The van der Waals surface area contributed by atoms with Gasteiger partial charge in [0.15, 0.2) is 0 Å². The maximum Gasteiger partial charge on any atom is 0.227 e. The van der Waals surface area contributed by atoms with Crippen molar-refractivity contribution in [3.05, 3.63) is 35.6 Å². The Kier molecular flexibility index (Phi) is 6.10. The zero-order valence-electron chi connectivity index (χ0n) is 13.7. The van der Waals surface area contributed by atoms with Gasteiger partial charge in [-0.1, -0.05) is 25.1 Å². The van der Waals surface area contributed by atoms with Gasteiger partial charge in [0.1, 0.15) is 5.82 Å². The Bertz CT molecular complexity index is 557. The summed E-state index contributed by atoms with van der Waals surface area (Å²) in [5, 5.41) is 3.00. The molecule has 23 heavy (non-hydrogen) atoms. The van der Waals surface area contributed by atoms with Crippen molar-refractivity contribution < 1.29 is 14.0 Å². The summed E-state index contributed by atoms with van der Waals surface area (Å²) >= 11 is 0. The molecule has 1 aromatic rings. The number of rotatable bonds is 5. The summed E-state index contributed by atoms with van der Waals surface area (Å²) in [6.07, 6.45) is 0.0662. The number of nitrogens with zero attached hydrogens (tertiary/aromatic N) is 2. The van der Waals surface area contributed by atoms with Crippen LogP contribution in [0.4, 0.5) is 4.39 Å². The molecule has 1 fully saturated rings. The van der Waals surface area contributed by atoms with Crippen LogP contribution in [0.2, 0.25) is 0 Å². The topological polar surface area (TPSA) is 52.7 Å². The zero-order valence-corrected chi connectivity index (χ0v) is 13.7. The molecule has 1 aromatic carbocycles. The van der Waals surface area contributed by atoms with Crippen molar-refractivity contribution >= 4 is 11.8 Å². The van der Waals surface area contributed by atoms with E-state index in [1.165, 1.54) is 6.07 Å². The van der Waals surface area contributed by atoms with E-state index in [0.29, 0.717) is 38.3 Å². The van der Waals surface area contributed by atoms with E-state index in [1.54, 1.807) is 28.0 Å². The van der Waals surface area contributed by atoms with E-state index in [4.69, 9.17) is 0 Å². The van der Waals surface area contributed by atoms with Gasteiger partial charge in [-0.2, -0.15) is 0 Å². The van der Waals surface area contributed by atoms with Crippen molar-refractivity contribution in [1.29, 1.82) is 0 Å². The van der Waals surface area contributed by atoms with Gasteiger partial charge in [0.2, 0.25) is 11.8 Å². The Balaban J connectivity index is 1.85. The first-order valence-electron chi connectivity index (χ1n) is 7.97. The van der Waals surface area contributed by atoms with Crippen molar-refractivity contribution in [2.45, 2.75) is 13.3 Å². The minimum absolute atomic E-state index is 0.0662. The SMILES string of the molecule is CNCC(C)C(=O)N1CCN(C(=O)Cc2ccccc2F)CC1. The molecule has 0 bridgehead atoms. The molecule has 5 nitrogen and oxygen atoms in total. The van der Waals surface area contributed by atoms with E-state index in [1.807, 2.05) is 14.0 Å². The molecule has 1 saturated heterocycles. The van der Waals surface area contributed by atoms with Gasteiger partial charge in [-0.05, 0) is 18.7 Å². The summed E-state index contributed by atoms with van der Waals surface area (Å²) in [4.78, 5) is 28.0. The normalized spacial score (nSPS) is 16.3. The van der Waals surface area contributed by atoms with Crippen LogP contribution >= 0.6 is 0 Å². The fourth-order valence-corrected chi connectivity index (χ4v) is 2.80. The van der Waals surface area contributed by atoms with E-state index in [2.05, 4.69) is 5.32 Å². The van der Waals surface area contributed by atoms with Gasteiger partial charge < -0.3 is 15.1 Å². The predicted octanol–water partition coefficient (Wildman–Crippen LogP) is 0.895. The highest BCUT2D eigenvalue weighted by Crippen LogP contribution is 2.12. The molecule has 1 aliphatic heterocycles. The molecule has 1 aliphatic rings. The summed E-state index contributed by atoms with van der Waals surface area (Å²) in [6, 6.07) is 6.33. The van der Waals surface area contributed by atoms with Crippen molar-refractivity contribution in [1.82, 2.24) is 15.1 Å². The maximum absolute atomic E-state index is 13.6. The molecule has 2 rings (SSSR count). The van der Waals surface area contributed by atoms with Crippen LogP contribution < -0.4 is 5.32 Å². The average Bonchev–Trinajstić information content (AvgIpc) is 2.56. The summed E-state index contributed by atoms with van der Waals surface area (Å²) in [5.74, 6) is -0.401. The second kappa shape index (κ2) is 8.06. The van der Waals surface area contributed by atoms with Crippen molar-refractivity contribution in [3.8, 4) is 0 Å². The smallest absolute Gasteiger partial charge is 0.227 e. The second-order valence-electron chi connectivity index (χ2n) is 5.93. The fraction of sp³-hybridized carbons (Fsp3) is 0.529. The van der Waals surface area contributed by atoms with Crippen LogP contribution in [-0.2, 0) is 16.0 Å². The first kappa shape index (κ1) is 17.4. The number of hydrogen-bond acceptors (Lipinski definition) is 3. The second-order valence-corrected chi connectivity index (χ2v) is 5.93. The molecule has 1 heterocycles. The Morgan fingerprint density at radius 3 is 2.39 bits per heavy atom. The van der Waals surface area contributed by atoms with Crippen LogP contribution in [0, 0.1) is 11.7 Å². The standard InChI is InChI=1S/C17H24FN3O2/c1-13(12-19-2)17(23)21-9-7-20(8-10-21)16(22)11-14-5-3-4-6-15(14)18/h3-6,13,19H,7-12H2,1-2H3. The monoisotopic (exact) mass is 321 g/mol. The largest absolute Gasteiger partial charge is 0.339 e. The van der Waals surface area contributed by atoms with E-state index < -0.39 is 0 Å². The van der Waals surface area contributed by atoms with Gasteiger partial charge in [0, 0.05) is 38.6 Å². The van der Waals surface area contributed by atoms with E-state index in [-0.39, 0.29) is 30.0 Å². The van der Waals surface area contributed by atoms with Gasteiger partial charge in [0.05, 0.1) is 6.42 Å². The average molecular weight is 321 g/mol. The van der Waals surface area contributed by atoms with Crippen LogP contribution in [0.1, 0.15) is 12.5 Å². The number of benzene rings is 1. The maximum atomic E-state index is 13.6. The summed E-state index contributed by atoms with van der Waals surface area (Å²) in [7, 11) is 1.82. The van der Waals surface area contributed by atoms with Gasteiger partial charge in [0.25, 0.3) is 0 Å². The third-order valence-corrected chi connectivity index (χ3v) is 4.18. The van der Waals surface area contributed by atoms with Crippen LogP contribution in [0.15, 0.2) is 24.3 Å². The third kappa shape index (κ3) is 4.51. The first-order chi connectivity index (χ1) is 11.0. The molecule has 126 valence electrons. The van der Waals surface area contributed by atoms with Crippen LogP contribution in [0.3, 0.4) is 0 Å². The molecule has 0 aromatic heterocycles. The minimum Gasteiger partial charge on any atom is -0.339 e. The third-order valence-electron chi connectivity index (χ3n) is 4.18. The lowest BCUT2D eigenvalue weighted by atomic mass is 10.1. The summed E-state index contributed by atoms with van der Waals surface area (Å²) in [5.41, 5.74) is 0.415. The Hall–Kier alpha value is -1.95. The molecule has 2 amide bonds. The fourth-order valence-electron chi connectivity index (χ4n) is 2.80. The Morgan fingerprint density at radius 2 is 1.78 bits per heavy atom. The highest BCUT2D eigenvalue weighted by Gasteiger charge is 2.26. The Morgan fingerprint density at radius 1 is 1.17 bits per heavy atom. The number of carbonyl (C=O) groups is 2. The van der Waals surface area contributed by atoms with Crippen LogP contribution in [0.5, 0.6) is 0 Å². The van der Waals surface area contributed by atoms with Gasteiger partial charge in [-0.25, -0.2) is 4.39 Å². The molecular formula is C17H24FN3O2. The van der Waals surface area contributed by atoms with Crippen molar-refractivity contribution in [2.75, 3.05) is 39.8 Å². The lowest BCUT2D eigenvalue weighted by Gasteiger charge is -2.36. The molecule has 1 atom stereocenters. The van der Waals surface area contributed by atoms with Gasteiger partial charge in [-0.15, -0.1) is 0 Å². The molecular weight excluding hydrogens is 297 g/mol. The lowest BCUT2D eigenvalue weighted by Crippen LogP contribution is -2.52. The molecule has 1 N–H and O–H groups in total. The van der Waals surface area contributed by atoms with Crippen LogP contribution in [-0.4, -0.2) is 61.4 Å². The quantitative estimate of drug-likeness (QED) is 0.876. The first-order valence-corrected chi connectivity index (χ1v) is 7.97. The highest BCUT2D eigenvalue weighted by atomic mass is 19.1. The van der Waals surface area contributed by atoms with E-state index in [0.717, 1.165) is 0 Å². The van der Waals surface area contributed by atoms with Crippen LogP contribution in [0.25, 0.3) is 0 Å². The molecule has 6 heteroatoms. The predicted molar refractivity (Wildman–Crippen MR) is 86.4 cm³/mol. The van der Waals surface area contributed by atoms with E-state index in [9.17, 15) is 14.0 Å². The van der Waals surface area contributed by atoms with Gasteiger partial charge in [-0.3, -0.25) is 9.59 Å². The number of hydrogen-bond donors (Lipinski definition) is 1. The molecule has 0 aliphatic carbocycles. The summed E-state index contributed by atoms with van der Waals surface area (Å²) < 4.78 is 13.6. The number of amides is 2. The Labute approximate surface area is 136 Å². The molecule has 0 radical (unpaired) electrons.